The Balaban J connectivity index is 2.38. The Morgan fingerprint density at radius 2 is 2.06 bits per heavy atom. The molecule has 1 heterocycles. The van der Waals surface area contributed by atoms with E-state index in [-0.39, 0.29) is 0 Å². The second kappa shape index (κ2) is 4.32. The van der Waals surface area contributed by atoms with Crippen molar-refractivity contribution in [3.05, 3.63) is 23.0 Å². The molecule has 1 aliphatic rings. The highest BCUT2D eigenvalue weighted by atomic mass is 16.1. The number of carbonyl (C=O) groups excluding carboxylic acids is 1. The number of carbonyl (C=O) groups is 1. The van der Waals surface area contributed by atoms with Gasteiger partial charge in [-0.15, -0.1) is 0 Å². The van der Waals surface area contributed by atoms with Gasteiger partial charge in [-0.1, -0.05) is 20.8 Å². The van der Waals surface area contributed by atoms with Crippen LogP contribution in [0.5, 0.6) is 0 Å². The van der Waals surface area contributed by atoms with Gasteiger partial charge in [0.15, 0.2) is 5.78 Å². The summed E-state index contributed by atoms with van der Waals surface area (Å²) < 4.78 is 2.37. The van der Waals surface area contributed by atoms with E-state index in [0.29, 0.717) is 11.2 Å². The van der Waals surface area contributed by atoms with E-state index in [0.717, 1.165) is 37.8 Å². The highest BCUT2D eigenvalue weighted by Gasteiger charge is 2.25. The quantitative estimate of drug-likeness (QED) is 0.779. The second-order valence-corrected chi connectivity index (χ2v) is 6.03. The van der Waals surface area contributed by atoms with Gasteiger partial charge in [0.1, 0.15) is 0 Å². The van der Waals surface area contributed by atoms with Gasteiger partial charge in [0.05, 0.1) is 0 Å². The Morgan fingerprint density at radius 3 is 2.71 bits per heavy atom. The molecule has 0 aromatic carbocycles. The molecule has 1 aliphatic carbocycles. The van der Waals surface area contributed by atoms with Crippen LogP contribution in [0, 0.1) is 12.3 Å². The average molecular weight is 233 g/mol. The zero-order valence-electron chi connectivity index (χ0n) is 11.5. The molecular formula is C15H23NO. The van der Waals surface area contributed by atoms with E-state index < -0.39 is 0 Å². The molecule has 2 rings (SSSR count). The van der Waals surface area contributed by atoms with Crippen LogP contribution >= 0.6 is 0 Å². The molecule has 0 unspecified atom stereocenters. The molecule has 1 aromatic heterocycles. The largest absolute Gasteiger partial charge is 0.348 e. The molecule has 0 bridgehead atoms. The Morgan fingerprint density at radius 1 is 1.35 bits per heavy atom. The van der Waals surface area contributed by atoms with Crippen LogP contribution in [0.15, 0.2) is 6.07 Å². The third-order valence-electron chi connectivity index (χ3n) is 4.08. The molecule has 94 valence electrons. The van der Waals surface area contributed by atoms with Crippen molar-refractivity contribution in [2.75, 3.05) is 0 Å². The van der Waals surface area contributed by atoms with Crippen molar-refractivity contribution in [3.8, 4) is 0 Å². The van der Waals surface area contributed by atoms with Crippen molar-refractivity contribution in [2.24, 2.45) is 5.41 Å². The lowest BCUT2D eigenvalue weighted by Crippen LogP contribution is -2.22. The normalized spacial score (nSPS) is 16.1. The molecule has 0 amide bonds. The molecule has 2 heteroatoms. The van der Waals surface area contributed by atoms with Crippen molar-refractivity contribution in [1.29, 1.82) is 0 Å². The van der Waals surface area contributed by atoms with E-state index in [1.807, 2.05) is 0 Å². The lowest BCUT2D eigenvalue weighted by Gasteiger charge is -2.26. The van der Waals surface area contributed by atoms with Gasteiger partial charge in [-0.3, -0.25) is 4.79 Å². The minimum absolute atomic E-state index is 0.304. The summed E-state index contributed by atoms with van der Waals surface area (Å²) in [5.41, 5.74) is 3.81. The summed E-state index contributed by atoms with van der Waals surface area (Å²) in [6.07, 6.45) is 3.97. The van der Waals surface area contributed by atoms with Gasteiger partial charge in [-0.2, -0.15) is 0 Å². The monoisotopic (exact) mass is 233 g/mol. The molecule has 0 N–H and O–H groups in total. The van der Waals surface area contributed by atoms with Crippen LogP contribution in [0.2, 0.25) is 0 Å². The highest BCUT2D eigenvalue weighted by Crippen LogP contribution is 2.29. The first-order valence-corrected chi connectivity index (χ1v) is 6.67. The van der Waals surface area contributed by atoms with Gasteiger partial charge in [0.2, 0.25) is 0 Å². The summed E-state index contributed by atoms with van der Waals surface area (Å²) in [7, 11) is 0. The highest BCUT2D eigenvalue weighted by molar-refractivity contribution is 5.98. The number of aryl methyl sites for hydroxylation is 1. The maximum atomic E-state index is 11.9. The predicted octanol–water partition coefficient (Wildman–Crippen LogP) is 3.75. The fraction of sp³-hybridized carbons (Fsp3) is 0.667. The first kappa shape index (κ1) is 12.4. The summed E-state index contributed by atoms with van der Waals surface area (Å²) >= 11 is 0. The van der Waals surface area contributed by atoms with E-state index in [4.69, 9.17) is 0 Å². The van der Waals surface area contributed by atoms with Gasteiger partial charge in [0, 0.05) is 29.9 Å². The van der Waals surface area contributed by atoms with Gasteiger partial charge < -0.3 is 4.57 Å². The number of Topliss-reactive ketones (excluding diaryl/α,β-unsaturated/α-hetero) is 1. The van der Waals surface area contributed by atoms with Gasteiger partial charge >= 0.3 is 0 Å². The predicted molar refractivity (Wildman–Crippen MR) is 70.5 cm³/mol. The molecule has 0 saturated heterocycles. The first-order valence-electron chi connectivity index (χ1n) is 6.67. The molecule has 17 heavy (non-hydrogen) atoms. The number of rotatable bonds is 3. The maximum absolute atomic E-state index is 11.9. The third-order valence-corrected chi connectivity index (χ3v) is 4.08. The number of hydrogen-bond acceptors (Lipinski definition) is 1. The van der Waals surface area contributed by atoms with Crippen molar-refractivity contribution < 1.29 is 4.79 Å². The van der Waals surface area contributed by atoms with Crippen LogP contribution in [0.3, 0.4) is 0 Å². The van der Waals surface area contributed by atoms with E-state index in [1.54, 1.807) is 0 Å². The molecule has 0 radical (unpaired) electrons. The Labute approximate surface area is 104 Å². The number of fused-ring (bicyclic) bond motifs is 1. The minimum Gasteiger partial charge on any atom is -0.348 e. The zero-order valence-corrected chi connectivity index (χ0v) is 11.5. The molecule has 1 aromatic rings. The van der Waals surface area contributed by atoms with Crippen LogP contribution in [0.4, 0.5) is 0 Å². The van der Waals surface area contributed by atoms with Gasteiger partial charge in [-0.05, 0) is 37.7 Å². The fourth-order valence-electron chi connectivity index (χ4n) is 2.55. The number of aromatic nitrogens is 1. The smallest absolute Gasteiger partial charge is 0.164 e. The standard InChI is InChI=1S/C15H23NO/c1-5-15(3,4)10-16-11(2)9-12-13(16)7-6-8-14(12)17/h9H,5-8,10H2,1-4H3. The van der Waals surface area contributed by atoms with E-state index in [1.165, 1.54) is 11.4 Å². The third kappa shape index (κ3) is 2.31. The molecule has 0 spiro atoms. The molecular weight excluding hydrogens is 210 g/mol. The Bertz CT molecular complexity index is 440. The summed E-state index contributed by atoms with van der Waals surface area (Å²) in [4.78, 5) is 11.9. The minimum atomic E-state index is 0.304. The van der Waals surface area contributed by atoms with Crippen molar-refractivity contribution in [3.63, 3.8) is 0 Å². The van der Waals surface area contributed by atoms with Crippen LogP contribution in [-0.2, 0) is 13.0 Å². The Hall–Kier alpha value is -1.05. The lowest BCUT2D eigenvalue weighted by atomic mass is 9.89. The summed E-state index contributed by atoms with van der Waals surface area (Å²) in [6, 6.07) is 2.09. The van der Waals surface area contributed by atoms with E-state index in [9.17, 15) is 4.79 Å². The summed E-state index contributed by atoms with van der Waals surface area (Å²) in [6.45, 7) is 9.97. The molecule has 0 atom stereocenters. The Kier molecular flexibility index (Phi) is 3.15. The zero-order chi connectivity index (χ0) is 12.6. The first-order chi connectivity index (χ1) is 7.94. The van der Waals surface area contributed by atoms with Crippen LogP contribution in [0.1, 0.15) is 61.8 Å². The van der Waals surface area contributed by atoms with Gasteiger partial charge in [0.25, 0.3) is 0 Å². The molecule has 0 aliphatic heterocycles. The van der Waals surface area contributed by atoms with Crippen molar-refractivity contribution >= 4 is 5.78 Å². The summed E-state index contributed by atoms with van der Waals surface area (Å²) in [5.74, 6) is 0.336. The number of hydrogen-bond donors (Lipinski definition) is 0. The van der Waals surface area contributed by atoms with Crippen LogP contribution in [0.25, 0.3) is 0 Å². The molecule has 0 saturated carbocycles. The van der Waals surface area contributed by atoms with Gasteiger partial charge in [-0.25, -0.2) is 0 Å². The van der Waals surface area contributed by atoms with Crippen LogP contribution in [-0.4, -0.2) is 10.4 Å². The molecule has 0 fully saturated rings. The topological polar surface area (TPSA) is 22.0 Å². The SMILES string of the molecule is CCC(C)(C)Cn1c(C)cc2c1CCCC2=O. The van der Waals surface area contributed by atoms with E-state index >= 15 is 0 Å². The summed E-state index contributed by atoms with van der Waals surface area (Å²) in [5, 5.41) is 0. The lowest BCUT2D eigenvalue weighted by molar-refractivity contribution is 0.0971. The van der Waals surface area contributed by atoms with Crippen LogP contribution < -0.4 is 0 Å². The average Bonchev–Trinajstić information content (AvgIpc) is 2.58. The van der Waals surface area contributed by atoms with Crippen molar-refractivity contribution in [2.45, 2.75) is 59.9 Å². The molecule has 2 nitrogen and oxygen atoms in total. The van der Waals surface area contributed by atoms with Crippen molar-refractivity contribution in [1.82, 2.24) is 4.57 Å². The van der Waals surface area contributed by atoms with E-state index in [2.05, 4.69) is 38.3 Å². The fourth-order valence-corrected chi connectivity index (χ4v) is 2.55. The number of ketones is 1. The number of nitrogens with zero attached hydrogens (tertiary/aromatic N) is 1. The second-order valence-electron chi connectivity index (χ2n) is 6.03. The maximum Gasteiger partial charge on any atom is 0.164 e.